The molecule has 5 nitrogen and oxygen atoms in total. The van der Waals surface area contributed by atoms with Crippen molar-refractivity contribution in [3.05, 3.63) is 29.6 Å². The van der Waals surface area contributed by atoms with E-state index >= 15 is 0 Å². The van der Waals surface area contributed by atoms with E-state index in [0.29, 0.717) is 5.92 Å². The zero-order valence-electron chi connectivity index (χ0n) is 14.7. The van der Waals surface area contributed by atoms with Crippen molar-refractivity contribution in [2.75, 3.05) is 13.2 Å². The largest absolute Gasteiger partial charge is 0.478 e. The summed E-state index contributed by atoms with van der Waals surface area (Å²) in [5, 5.41) is 9.22. The molecule has 0 aliphatic carbocycles. The van der Waals surface area contributed by atoms with Gasteiger partial charge in [0.25, 0.3) is 0 Å². The molecule has 1 aromatic carbocycles. The third kappa shape index (κ3) is 3.46. The molecule has 1 unspecified atom stereocenters. The maximum Gasteiger partial charge on any atom is 0.335 e. The van der Waals surface area contributed by atoms with Gasteiger partial charge in [0, 0.05) is 25.2 Å². The molecule has 2 heterocycles. The molecule has 24 heavy (non-hydrogen) atoms. The van der Waals surface area contributed by atoms with E-state index < -0.39 is 5.97 Å². The van der Waals surface area contributed by atoms with E-state index in [1.165, 1.54) is 0 Å². The van der Waals surface area contributed by atoms with Crippen LogP contribution in [0.25, 0.3) is 11.0 Å². The second-order valence-electron chi connectivity index (χ2n) is 7.71. The van der Waals surface area contributed by atoms with Crippen LogP contribution >= 0.6 is 0 Å². The van der Waals surface area contributed by atoms with Gasteiger partial charge in [0.05, 0.1) is 16.6 Å². The Balaban J connectivity index is 2.04. The summed E-state index contributed by atoms with van der Waals surface area (Å²) in [7, 11) is 0. The van der Waals surface area contributed by atoms with Crippen LogP contribution in [0.4, 0.5) is 0 Å². The zero-order chi connectivity index (χ0) is 17.3. The van der Waals surface area contributed by atoms with Crippen LogP contribution in [0, 0.1) is 5.92 Å². The molecule has 1 atom stereocenters. The third-order valence-corrected chi connectivity index (χ3v) is 4.68. The minimum Gasteiger partial charge on any atom is -0.478 e. The lowest BCUT2D eigenvalue weighted by molar-refractivity contribution is 0.0697. The highest BCUT2D eigenvalue weighted by molar-refractivity contribution is 5.92. The first-order valence-corrected chi connectivity index (χ1v) is 8.68. The molecule has 0 bridgehead atoms. The normalized spacial score (nSPS) is 19.4. The summed E-state index contributed by atoms with van der Waals surface area (Å²) < 4.78 is 7.87. The molecule has 1 fully saturated rings. The molecule has 1 saturated heterocycles. The second-order valence-corrected chi connectivity index (χ2v) is 7.71. The molecule has 1 N–H and O–H groups in total. The fourth-order valence-electron chi connectivity index (χ4n) is 3.43. The van der Waals surface area contributed by atoms with Gasteiger partial charge >= 0.3 is 5.97 Å². The number of fused-ring (bicyclic) bond motifs is 1. The lowest BCUT2D eigenvalue weighted by Gasteiger charge is -2.23. The van der Waals surface area contributed by atoms with Gasteiger partial charge in [0.2, 0.25) is 0 Å². The topological polar surface area (TPSA) is 64.3 Å². The molecule has 1 aliphatic heterocycles. The summed E-state index contributed by atoms with van der Waals surface area (Å²) in [6.07, 6.45) is 3.33. The van der Waals surface area contributed by atoms with Crippen molar-refractivity contribution in [3.8, 4) is 0 Å². The van der Waals surface area contributed by atoms with Gasteiger partial charge in [-0.25, -0.2) is 9.78 Å². The van der Waals surface area contributed by atoms with Crippen LogP contribution in [0.3, 0.4) is 0 Å². The van der Waals surface area contributed by atoms with Gasteiger partial charge in [0.1, 0.15) is 5.82 Å². The van der Waals surface area contributed by atoms with Crippen LogP contribution < -0.4 is 0 Å². The van der Waals surface area contributed by atoms with Crippen LogP contribution in [0.1, 0.15) is 56.2 Å². The molecule has 0 amide bonds. The monoisotopic (exact) mass is 330 g/mol. The molecule has 2 aromatic rings. The average Bonchev–Trinajstić information content (AvgIpc) is 2.69. The standard InChI is InChI=1S/C19H26N2O3/c1-19(2,3)18-20-15-11-14(17(22)23)6-7-16(15)21(18)12-13-5-4-9-24-10-8-13/h6-7,11,13H,4-5,8-10,12H2,1-3H3,(H,22,23). The molecule has 1 aliphatic rings. The van der Waals surface area contributed by atoms with Crippen LogP contribution in [-0.4, -0.2) is 33.8 Å². The van der Waals surface area contributed by atoms with Gasteiger partial charge in [0.15, 0.2) is 0 Å². The van der Waals surface area contributed by atoms with E-state index in [-0.39, 0.29) is 11.0 Å². The van der Waals surface area contributed by atoms with E-state index in [0.717, 1.165) is 55.9 Å². The van der Waals surface area contributed by atoms with Crippen molar-refractivity contribution in [2.45, 2.75) is 52.0 Å². The Morgan fingerprint density at radius 2 is 2.12 bits per heavy atom. The number of aromatic nitrogens is 2. The Hall–Kier alpha value is -1.88. The number of aromatic carboxylic acids is 1. The number of hydrogen-bond donors (Lipinski definition) is 1. The van der Waals surface area contributed by atoms with E-state index in [4.69, 9.17) is 9.72 Å². The van der Waals surface area contributed by atoms with Gasteiger partial charge in [-0.1, -0.05) is 20.8 Å². The minimum absolute atomic E-state index is 0.0936. The molecule has 5 heteroatoms. The number of benzene rings is 1. The summed E-state index contributed by atoms with van der Waals surface area (Å²) in [4.78, 5) is 16.0. The highest BCUT2D eigenvalue weighted by Gasteiger charge is 2.25. The SMILES string of the molecule is CC(C)(C)c1nc2cc(C(=O)O)ccc2n1CC1CCCOCC1. The van der Waals surface area contributed by atoms with E-state index in [2.05, 4.69) is 25.3 Å². The fourth-order valence-corrected chi connectivity index (χ4v) is 3.43. The smallest absolute Gasteiger partial charge is 0.335 e. The van der Waals surface area contributed by atoms with Crippen molar-refractivity contribution < 1.29 is 14.6 Å². The molecule has 3 rings (SSSR count). The molecule has 0 radical (unpaired) electrons. The van der Waals surface area contributed by atoms with Crippen LogP contribution in [-0.2, 0) is 16.7 Å². The highest BCUT2D eigenvalue weighted by atomic mass is 16.5. The summed E-state index contributed by atoms with van der Waals surface area (Å²) >= 11 is 0. The maximum atomic E-state index is 11.2. The Labute approximate surface area is 142 Å². The number of imidazole rings is 1. The van der Waals surface area contributed by atoms with Gasteiger partial charge in [-0.2, -0.15) is 0 Å². The molecule has 0 spiro atoms. The predicted octanol–water partition coefficient (Wildman–Crippen LogP) is 3.85. The first-order valence-electron chi connectivity index (χ1n) is 8.68. The number of carboxylic acids is 1. The van der Waals surface area contributed by atoms with Gasteiger partial charge < -0.3 is 14.4 Å². The van der Waals surface area contributed by atoms with Crippen LogP contribution in [0.15, 0.2) is 18.2 Å². The van der Waals surface area contributed by atoms with Crippen molar-refractivity contribution in [3.63, 3.8) is 0 Å². The summed E-state index contributed by atoms with van der Waals surface area (Å²) in [5.74, 6) is 0.681. The number of carboxylic acid groups (broad SMARTS) is 1. The van der Waals surface area contributed by atoms with Crippen molar-refractivity contribution in [1.29, 1.82) is 0 Å². The first kappa shape index (κ1) is 17.0. The third-order valence-electron chi connectivity index (χ3n) is 4.68. The number of carbonyl (C=O) groups is 1. The number of ether oxygens (including phenoxy) is 1. The second kappa shape index (κ2) is 6.55. The average molecular weight is 330 g/mol. The Kier molecular flexibility index (Phi) is 4.63. The zero-order valence-corrected chi connectivity index (χ0v) is 14.7. The number of hydrogen-bond acceptors (Lipinski definition) is 3. The quantitative estimate of drug-likeness (QED) is 0.928. The lowest BCUT2D eigenvalue weighted by atomic mass is 9.94. The van der Waals surface area contributed by atoms with Gasteiger partial charge in [-0.15, -0.1) is 0 Å². The predicted molar refractivity (Wildman–Crippen MR) is 93.6 cm³/mol. The van der Waals surface area contributed by atoms with Gasteiger partial charge in [-0.05, 0) is 43.4 Å². The molecule has 130 valence electrons. The molecular weight excluding hydrogens is 304 g/mol. The Morgan fingerprint density at radius 1 is 1.33 bits per heavy atom. The summed E-state index contributed by atoms with van der Waals surface area (Å²) in [5.41, 5.74) is 1.99. The van der Waals surface area contributed by atoms with Crippen molar-refractivity contribution in [1.82, 2.24) is 9.55 Å². The van der Waals surface area contributed by atoms with Crippen molar-refractivity contribution in [2.24, 2.45) is 5.92 Å². The minimum atomic E-state index is -0.912. The number of rotatable bonds is 3. The molecular formula is C19H26N2O3. The Bertz CT molecular complexity index is 735. The summed E-state index contributed by atoms with van der Waals surface area (Å²) in [6.45, 7) is 9.05. The maximum absolute atomic E-state index is 11.2. The summed E-state index contributed by atoms with van der Waals surface area (Å²) in [6, 6.07) is 5.25. The lowest BCUT2D eigenvalue weighted by Crippen LogP contribution is -2.22. The fraction of sp³-hybridized carbons (Fsp3) is 0.579. The van der Waals surface area contributed by atoms with E-state index in [1.54, 1.807) is 12.1 Å². The highest BCUT2D eigenvalue weighted by Crippen LogP contribution is 2.29. The van der Waals surface area contributed by atoms with E-state index in [9.17, 15) is 9.90 Å². The van der Waals surface area contributed by atoms with Crippen LogP contribution in [0.2, 0.25) is 0 Å². The number of nitrogens with zero attached hydrogens (tertiary/aromatic N) is 2. The Morgan fingerprint density at radius 3 is 2.83 bits per heavy atom. The first-order chi connectivity index (χ1) is 11.4. The van der Waals surface area contributed by atoms with Gasteiger partial charge in [-0.3, -0.25) is 0 Å². The molecule has 1 aromatic heterocycles. The van der Waals surface area contributed by atoms with E-state index in [1.807, 2.05) is 6.07 Å². The molecule has 0 saturated carbocycles. The van der Waals surface area contributed by atoms with Crippen LogP contribution in [0.5, 0.6) is 0 Å². The van der Waals surface area contributed by atoms with Crippen molar-refractivity contribution >= 4 is 17.0 Å².